The minimum absolute atomic E-state index is 0. The topological polar surface area (TPSA) is 46.1 Å². The molecule has 6 heteroatoms. The van der Waals surface area contributed by atoms with Gasteiger partial charge in [-0.05, 0) is 43.9 Å². The molecular formula is C19H30IN3O2. The van der Waals surface area contributed by atoms with Crippen LogP contribution in [0.5, 0.6) is 5.75 Å². The predicted octanol–water partition coefficient (Wildman–Crippen LogP) is 2.93. The Morgan fingerprint density at radius 3 is 3.00 bits per heavy atom. The average Bonchev–Trinajstić information content (AvgIpc) is 3.24. The first-order chi connectivity index (χ1) is 11.7. The summed E-state index contributed by atoms with van der Waals surface area (Å²) in [6, 6.07) is 8.23. The molecule has 140 valence electrons. The fourth-order valence-electron chi connectivity index (χ4n) is 3.63. The van der Waals surface area contributed by atoms with Crippen molar-refractivity contribution < 1.29 is 9.47 Å². The largest absolute Gasteiger partial charge is 0.497 e. The average molecular weight is 459 g/mol. The molecule has 1 aromatic carbocycles. The number of likely N-dealkylation sites (tertiary alicyclic amines) is 1. The lowest BCUT2D eigenvalue weighted by molar-refractivity contribution is 0.156. The first-order valence-electron chi connectivity index (χ1n) is 8.99. The van der Waals surface area contributed by atoms with Crippen LogP contribution in [0.3, 0.4) is 0 Å². The second kappa shape index (κ2) is 9.62. The normalized spacial score (nSPS) is 23.0. The van der Waals surface area contributed by atoms with Gasteiger partial charge in [-0.25, -0.2) is 0 Å². The molecule has 2 aliphatic heterocycles. The van der Waals surface area contributed by atoms with Gasteiger partial charge in [-0.2, -0.15) is 0 Å². The smallest absolute Gasteiger partial charge is 0.193 e. The summed E-state index contributed by atoms with van der Waals surface area (Å²) in [5, 5.41) is 3.45. The Hall–Kier alpha value is -1.02. The van der Waals surface area contributed by atoms with Crippen LogP contribution in [-0.4, -0.2) is 57.4 Å². The lowest BCUT2D eigenvalue weighted by Crippen LogP contribution is -2.41. The highest BCUT2D eigenvalue weighted by Gasteiger charge is 2.42. The van der Waals surface area contributed by atoms with Gasteiger partial charge < -0.3 is 19.7 Å². The molecule has 0 radical (unpaired) electrons. The van der Waals surface area contributed by atoms with E-state index in [0.29, 0.717) is 5.41 Å². The second-order valence-corrected chi connectivity index (χ2v) is 6.81. The van der Waals surface area contributed by atoms with Crippen molar-refractivity contribution >= 4 is 29.9 Å². The number of aliphatic imine (C=N–C) groups is 1. The number of benzene rings is 1. The standard InChI is InChI=1S/C19H29N3O2.HI/c1-3-20-18(22-11-8-19(14-22)9-12-24-15-19)21-10-7-16-5-4-6-17(13-16)23-2;/h4-6,13H,3,7-12,14-15H2,1-2H3,(H,20,21);1H. The van der Waals surface area contributed by atoms with Gasteiger partial charge in [-0.1, -0.05) is 12.1 Å². The summed E-state index contributed by atoms with van der Waals surface area (Å²) in [6.45, 7) is 7.78. The Morgan fingerprint density at radius 1 is 1.40 bits per heavy atom. The molecule has 3 rings (SSSR count). The Bertz CT molecular complexity index is 574. The van der Waals surface area contributed by atoms with Crippen LogP contribution in [0, 0.1) is 5.41 Å². The zero-order chi connectivity index (χ0) is 16.8. The Balaban J connectivity index is 0.00000225. The van der Waals surface area contributed by atoms with E-state index in [9.17, 15) is 0 Å². The molecule has 25 heavy (non-hydrogen) atoms. The predicted molar refractivity (Wildman–Crippen MR) is 112 cm³/mol. The van der Waals surface area contributed by atoms with Gasteiger partial charge in [0, 0.05) is 38.2 Å². The van der Waals surface area contributed by atoms with Crippen molar-refractivity contribution in [2.75, 3.05) is 46.5 Å². The number of guanidine groups is 1. The summed E-state index contributed by atoms with van der Waals surface area (Å²) in [5.74, 6) is 1.95. The Kier molecular flexibility index (Phi) is 7.81. The van der Waals surface area contributed by atoms with Crippen molar-refractivity contribution in [3.63, 3.8) is 0 Å². The zero-order valence-electron chi connectivity index (χ0n) is 15.3. The highest BCUT2D eigenvalue weighted by atomic mass is 127. The fourth-order valence-corrected chi connectivity index (χ4v) is 3.63. The van der Waals surface area contributed by atoms with Gasteiger partial charge in [0.1, 0.15) is 5.75 Å². The van der Waals surface area contributed by atoms with Crippen LogP contribution in [0.2, 0.25) is 0 Å². The highest BCUT2D eigenvalue weighted by molar-refractivity contribution is 14.0. The molecule has 0 amide bonds. The van der Waals surface area contributed by atoms with Crippen molar-refractivity contribution in [1.82, 2.24) is 10.2 Å². The van der Waals surface area contributed by atoms with E-state index in [1.807, 2.05) is 12.1 Å². The van der Waals surface area contributed by atoms with E-state index in [0.717, 1.165) is 57.5 Å². The third-order valence-electron chi connectivity index (χ3n) is 5.05. The zero-order valence-corrected chi connectivity index (χ0v) is 17.6. The molecule has 1 atom stereocenters. The minimum atomic E-state index is 0. The molecule has 2 fully saturated rings. The van der Waals surface area contributed by atoms with Gasteiger partial charge in [-0.15, -0.1) is 24.0 Å². The molecule has 5 nitrogen and oxygen atoms in total. The molecule has 2 heterocycles. The van der Waals surface area contributed by atoms with Crippen molar-refractivity contribution in [3.8, 4) is 5.75 Å². The van der Waals surface area contributed by atoms with E-state index in [1.54, 1.807) is 7.11 Å². The van der Waals surface area contributed by atoms with Gasteiger partial charge in [-0.3, -0.25) is 4.99 Å². The van der Waals surface area contributed by atoms with Gasteiger partial charge >= 0.3 is 0 Å². The molecule has 0 aliphatic carbocycles. The van der Waals surface area contributed by atoms with Crippen LogP contribution in [0.1, 0.15) is 25.3 Å². The lowest BCUT2D eigenvalue weighted by atomic mass is 9.87. The number of nitrogens with one attached hydrogen (secondary N) is 1. The maximum absolute atomic E-state index is 5.63. The van der Waals surface area contributed by atoms with E-state index in [1.165, 1.54) is 18.4 Å². The highest BCUT2D eigenvalue weighted by Crippen LogP contribution is 2.38. The van der Waals surface area contributed by atoms with Crippen LogP contribution >= 0.6 is 24.0 Å². The summed E-state index contributed by atoms with van der Waals surface area (Å²) in [4.78, 5) is 7.26. The molecule has 0 saturated carbocycles. The van der Waals surface area contributed by atoms with E-state index < -0.39 is 0 Å². The first kappa shape index (κ1) is 20.3. The monoisotopic (exact) mass is 459 g/mol. The summed E-state index contributed by atoms with van der Waals surface area (Å²) in [5.41, 5.74) is 1.62. The molecule has 0 aromatic heterocycles. The maximum atomic E-state index is 5.63. The Labute approximate surface area is 168 Å². The van der Waals surface area contributed by atoms with E-state index in [-0.39, 0.29) is 24.0 Å². The number of hydrogen-bond acceptors (Lipinski definition) is 3. The number of rotatable bonds is 5. The van der Waals surface area contributed by atoms with Gasteiger partial charge in [0.2, 0.25) is 0 Å². The SMILES string of the molecule is CCNC(=NCCc1cccc(OC)c1)N1CCC2(CCOC2)C1.I. The van der Waals surface area contributed by atoms with E-state index in [4.69, 9.17) is 14.5 Å². The third-order valence-corrected chi connectivity index (χ3v) is 5.05. The van der Waals surface area contributed by atoms with Crippen molar-refractivity contribution in [1.29, 1.82) is 0 Å². The van der Waals surface area contributed by atoms with Crippen LogP contribution in [0.25, 0.3) is 0 Å². The number of halogens is 1. The van der Waals surface area contributed by atoms with Crippen LogP contribution < -0.4 is 10.1 Å². The molecule has 2 saturated heterocycles. The summed E-state index contributed by atoms with van der Waals surface area (Å²) >= 11 is 0. The quantitative estimate of drug-likeness (QED) is 0.418. The molecular weight excluding hydrogens is 429 g/mol. The lowest BCUT2D eigenvalue weighted by Gasteiger charge is -2.25. The van der Waals surface area contributed by atoms with Gasteiger partial charge in [0.05, 0.1) is 13.7 Å². The molecule has 0 bridgehead atoms. The maximum Gasteiger partial charge on any atom is 0.193 e. The number of hydrogen-bond donors (Lipinski definition) is 1. The number of nitrogens with zero attached hydrogens (tertiary/aromatic N) is 2. The van der Waals surface area contributed by atoms with Crippen LogP contribution in [0.4, 0.5) is 0 Å². The fraction of sp³-hybridized carbons (Fsp3) is 0.632. The van der Waals surface area contributed by atoms with Gasteiger partial charge in [0.25, 0.3) is 0 Å². The van der Waals surface area contributed by atoms with Crippen molar-refractivity contribution in [2.45, 2.75) is 26.2 Å². The molecule has 2 aliphatic rings. The summed E-state index contributed by atoms with van der Waals surface area (Å²) < 4.78 is 10.9. The molecule has 1 aromatic rings. The summed E-state index contributed by atoms with van der Waals surface area (Å²) in [7, 11) is 1.70. The summed E-state index contributed by atoms with van der Waals surface area (Å²) in [6.07, 6.45) is 3.33. The second-order valence-electron chi connectivity index (χ2n) is 6.81. The van der Waals surface area contributed by atoms with Crippen molar-refractivity contribution in [3.05, 3.63) is 29.8 Å². The van der Waals surface area contributed by atoms with Gasteiger partial charge in [0.15, 0.2) is 5.96 Å². The first-order valence-corrected chi connectivity index (χ1v) is 8.99. The number of methoxy groups -OCH3 is 1. The van der Waals surface area contributed by atoms with Crippen LogP contribution in [-0.2, 0) is 11.2 Å². The molecule has 1 N–H and O–H groups in total. The minimum Gasteiger partial charge on any atom is -0.497 e. The van der Waals surface area contributed by atoms with E-state index >= 15 is 0 Å². The van der Waals surface area contributed by atoms with E-state index in [2.05, 4.69) is 29.3 Å². The molecule has 1 spiro atoms. The number of ether oxygens (including phenoxy) is 2. The van der Waals surface area contributed by atoms with Crippen LogP contribution in [0.15, 0.2) is 29.3 Å². The Morgan fingerprint density at radius 2 is 2.28 bits per heavy atom. The molecule has 1 unspecified atom stereocenters. The van der Waals surface area contributed by atoms with Crippen molar-refractivity contribution in [2.24, 2.45) is 10.4 Å². The third kappa shape index (κ3) is 5.23.